The maximum atomic E-state index is 11.2. The van der Waals surface area contributed by atoms with E-state index in [9.17, 15) is 14.7 Å². The molecule has 4 aromatic rings. The number of carboxylic acids is 2. The number of rotatable bonds is 6. The van der Waals surface area contributed by atoms with Crippen molar-refractivity contribution in [2.24, 2.45) is 0 Å². The zero-order valence-electron chi connectivity index (χ0n) is 21.9. The Balaban J connectivity index is 0.000000310. The second-order valence-corrected chi connectivity index (χ2v) is 8.34. The Bertz CT molecular complexity index is 1280. The summed E-state index contributed by atoms with van der Waals surface area (Å²) in [5, 5.41) is 22.4. The average Bonchev–Trinajstić information content (AvgIpc) is 2.87. The van der Waals surface area contributed by atoms with Gasteiger partial charge in [0.1, 0.15) is 0 Å². The number of hydrogen-bond acceptors (Lipinski definition) is 2. The fourth-order valence-electron chi connectivity index (χ4n) is 3.82. The Hall–Kier alpha value is -3.06. The zero-order chi connectivity index (χ0) is 25.8. The van der Waals surface area contributed by atoms with Crippen molar-refractivity contribution in [2.75, 3.05) is 0 Å². The van der Waals surface area contributed by atoms with Crippen LogP contribution in [0.25, 0.3) is 21.5 Å². The van der Waals surface area contributed by atoms with Crippen LogP contribution in [-0.2, 0) is 6.42 Å². The summed E-state index contributed by atoms with van der Waals surface area (Å²) in [6.45, 7) is 9.68. The van der Waals surface area contributed by atoms with Gasteiger partial charge in [0.2, 0.25) is 0 Å². The molecule has 4 rings (SSSR count). The third-order valence-electron chi connectivity index (χ3n) is 5.83. The molecule has 0 saturated carbocycles. The topological polar surface area (TPSA) is 74.6 Å². The molecule has 184 valence electrons. The van der Waals surface area contributed by atoms with Crippen LogP contribution in [0, 0.1) is 13.8 Å². The van der Waals surface area contributed by atoms with Crippen molar-refractivity contribution in [3.05, 3.63) is 102 Å². The van der Waals surface area contributed by atoms with E-state index in [2.05, 4.69) is 20.8 Å². The van der Waals surface area contributed by atoms with Crippen LogP contribution in [0.15, 0.2) is 72.8 Å². The van der Waals surface area contributed by atoms with E-state index in [4.69, 9.17) is 5.11 Å². The van der Waals surface area contributed by atoms with E-state index in [0.717, 1.165) is 58.4 Å². The average molecular weight is 479 g/mol. The van der Waals surface area contributed by atoms with Gasteiger partial charge < -0.3 is 17.1 Å². The summed E-state index contributed by atoms with van der Waals surface area (Å²) in [5.74, 6) is -1.70. The monoisotopic (exact) mass is 478 g/mol. The fraction of sp³-hybridized carbons (Fsp3) is 0.258. The Morgan fingerprint density at radius 1 is 0.722 bits per heavy atom. The quantitative estimate of drug-likeness (QED) is 0.289. The van der Waals surface area contributed by atoms with Crippen LogP contribution < -0.4 is 18.9 Å². The molecule has 0 aromatic heterocycles. The summed E-state index contributed by atoms with van der Waals surface area (Å²) in [6.07, 6.45) is 5.20. The Morgan fingerprint density at radius 3 is 1.69 bits per heavy atom. The van der Waals surface area contributed by atoms with Gasteiger partial charge in [-0.3, -0.25) is 0 Å². The van der Waals surface area contributed by atoms with Crippen molar-refractivity contribution in [1.82, 2.24) is 0 Å². The standard InChI is InChI=1S/C15H16O2.C12H10O2.C4H9.Li/c1-2-3-7-13-12-8-5-4-6-11(12)9-10-14(13)15(16)17;1-8-10-5-3-2-4-9(10)6-7-11(8)12(13)14;1-3-4-2;/h4-6,8-10H,2-3,7H2,1H3,(H,16,17);2-7H,1H3,(H,13,14);1,3-4H2,2H3;/q;;-1;+1. The molecule has 0 spiro atoms. The summed E-state index contributed by atoms with van der Waals surface area (Å²) in [5.41, 5.74) is 2.62. The van der Waals surface area contributed by atoms with Crippen molar-refractivity contribution in [3.63, 3.8) is 0 Å². The first-order chi connectivity index (χ1) is 16.8. The Labute approximate surface area is 226 Å². The third-order valence-corrected chi connectivity index (χ3v) is 5.83. The molecule has 0 bridgehead atoms. The Kier molecular flexibility index (Phi) is 13.6. The molecule has 4 nitrogen and oxygen atoms in total. The van der Waals surface area contributed by atoms with Crippen molar-refractivity contribution in [2.45, 2.75) is 52.9 Å². The molecule has 36 heavy (non-hydrogen) atoms. The van der Waals surface area contributed by atoms with Crippen molar-refractivity contribution < 1.29 is 38.7 Å². The van der Waals surface area contributed by atoms with Gasteiger partial charge in [-0.2, -0.15) is 6.42 Å². The summed E-state index contributed by atoms with van der Waals surface area (Å²) in [4.78, 5) is 22.1. The first kappa shape index (κ1) is 31.0. The van der Waals surface area contributed by atoms with E-state index in [1.807, 2.05) is 67.6 Å². The number of aryl methyl sites for hydroxylation is 2. The Morgan fingerprint density at radius 2 is 1.19 bits per heavy atom. The molecule has 2 N–H and O–H groups in total. The molecule has 0 fully saturated rings. The molecule has 0 saturated heterocycles. The molecular formula is C31H35LiO4. The maximum Gasteiger partial charge on any atom is 1.00 e. The van der Waals surface area contributed by atoms with E-state index >= 15 is 0 Å². The van der Waals surface area contributed by atoms with Crippen molar-refractivity contribution in [3.8, 4) is 0 Å². The molecule has 5 heteroatoms. The van der Waals surface area contributed by atoms with Crippen molar-refractivity contribution in [1.29, 1.82) is 0 Å². The number of fused-ring (bicyclic) bond motifs is 2. The van der Waals surface area contributed by atoms with Gasteiger partial charge in [0.05, 0.1) is 11.1 Å². The number of benzene rings is 4. The van der Waals surface area contributed by atoms with Crippen LogP contribution in [0.3, 0.4) is 0 Å². The van der Waals surface area contributed by atoms with Gasteiger partial charge in [-0.05, 0) is 64.6 Å². The number of carbonyl (C=O) groups is 2. The summed E-state index contributed by atoms with van der Waals surface area (Å²) in [7, 11) is 0. The molecule has 0 heterocycles. The minimum atomic E-state index is -0.867. The first-order valence-corrected chi connectivity index (χ1v) is 12.1. The third kappa shape index (κ3) is 8.26. The molecule has 0 aliphatic heterocycles. The van der Waals surface area contributed by atoms with Gasteiger partial charge in [-0.15, -0.1) is 0 Å². The molecular weight excluding hydrogens is 443 g/mol. The second kappa shape index (κ2) is 15.8. The summed E-state index contributed by atoms with van der Waals surface area (Å²) in [6, 6.07) is 22.9. The second-order valence-electron chi connectivity index (χ2n) is 8.34. The van der Waals surface area contributed by atoms with Gasteiger partial charge in [-0.1, -0.05) is 87.4 Å². The van der Waals surface area contributed by atoms with Crippen molar-refractivity contribution >= 4 is 33.5 Å². The first-order valence-electron chi connectivity index (χ1n) is 12.1. The molecule has 4 aromatic carbocycles. The van der Waals surface area contributed by atoms with E-state index in [0.29, 0.717) is 11.1 Å². The molecule has 0 atom stereocenters. The normalized spacial score (nSPS) is 9.89. The van der Waals surface area contributed by atoms with Gasteiger partial charge >= 0.3 is 30.8 Å². The maximum absolute atomic E-state index is 11.2. The summed E-state index contributed by atoms with van der Waals surface area (Å²) >= 11 is 0. The smallest absolute Gasteiger partial charge is 0.478 e. The van der Waals surface area contributed by atoms with Gasteiger partial charge in [0.25, 0.3) is 0 Å². The van der Waals surface area contributed by atoms with Crippen LogP contribution in [0.1, 0.15) is 71.4 Å². The van der Waals surface area contributed by atoms with Gasteiger partial charge in [-0.25, -0.2) is 9.59 Å². The van der Waals surface area contributed by atoms with E-state index in [-0.39, 0.29) is 18.9 Å². The molecule has 0 unspecified atom stereocenters. The van der Waals surface area contributed by atoms with E-state index < -0.39 is 11.9 Å². The van der Waals surface area contributed by atoms with Crippen LogP contribution >= 0.6 is 0 Å². The molecule has 0 aliphatic carbocycles. The summed E-state index contributed by atoms with van der Waals surface area (Å²) < 4.78 is 0. The van der Waals surface area contributed by atoms with Crippen LogP contribution in [0.4, 0.5) is 0 Å². The number of hydrogen-bond donors (Lipinski definition) is 2. The number of aromatic carboxylic acids is 2. The zero-order valence-corrected chi connectivity index (χ0v) is 21.9. The molecule has 0 amide bonds. The molecule has 0 radical (unpaired) electrons. The van der Waals surface area contributed by atoms with Crippen LogP contribution in [0.5, 0.6) is 0 Å². The fourth-order valence-corrected chi connectivity index (χ4v) is 3.82. The molecule has 0 aliphatic rings. The number of unbranched alkanes of at least 4 members (excludes halogenated alkanes) is 2. The van der Waals surface area contributed by atoms with Gasteiger partial charge in [0.15, 0.2) is 0 Å². The largest absolute Gasteiger partial charge is 1.00 e. The van der Waals surface area contributed by atoms with Gasteiger partial charge in [0, 0.05) is 0 Å². The van der Waals surface area contributed by atoms with E-state index in [1.165, 1.54) is 6.42 Å². The predicted molar refractivity (Wildman–Crippen MR) is 145 cm³/mol. The number of carboxylic acid groups (broad SMARTS) is 2. The van der Waals surface area contributed by atoms with E-state index in [1.54, 1.807) is 12.1 Å². The predicted octanol–water partition coefficient (Wildman–Crippen LogP) is 5.35. The SMILES string of the molecule is CCCCc1c(C(=O)O)ccc2ccccc12.Cc1c(C(=O)O)ccc2ccccc12.[CH2-]CCC.[Li+]. The minimum absolute atomic E-state index is 0. The van der Waals surface area contributed by atoms with Crippen LogP contribution in [0.2, 0.25) is 0 Å². The minimum Gasteiger partial charge on any atom is -0.478 e. The van der Waals surface area contributed by atoms with Crippen LogP contribution in [-0.4, -0.2) is 22.2 Å².